The summed E-state index contributed by atoms with van der Waals surface area (Å²) >= 11 is 0. The first kappa shape index (κ1) is 20.8. The molecule has 0 saturated heterocycles. The summed E-state index contributed by atoms with van der Waals surface area (Å²) in [4.78, 5) is 14.3. The fraction of sp³-hybridized carbons (Fsp3) is 0.421. The molecule has 0 aliphatic rings. The molecule has 27 heavy (non-hydrogen) atoms. The standard InChI is InChI=1S/C19H26N2O5S/c1-5-27(23,24)26-16-10-8-15(9-11-16)13-21(14-17-7-6-12-25-17)18(22)20-19(2,3)4/h6-12H,5,13-14H2,1-4H3,(H,20,22). The maximum absolute atomic E-state index is 12.7. The Morgan fingerprint density at radius 2 is 1.81 bits per heavy atom. The highest BCUT2D eigenvalue weighted by Gasteiger charge is 2.21. The van der Waals surface area contributed by atoms with E-state index < -0.39 is 10.1 Å². The van der Waals surface area contributed by atoms with Crippen LogP contribution in [0.5, 0.6) is 5.75 Å². The van der Waals surface area contributed by atoms with Gasteiger partial charge >= 0.3 is 16.1 Å². The Balaban J connectivity index is 2.13. The minimum Gasteiger partial charge on any atom is -0.467 e. The third-order valence-corrected chi connectivity index (χ3v) is 4.72. The number of furan rings is 1. The van der Waals surface area contributed by atoms with E-state index in [0.717, 1.165) is 5.56 Å². The third-order valence-electron chi connectivity index (χ3n) is 3.57. The largest absolute Gasteiger partial charge is 0.467 e. The average molecular weight is 394 g/mol. The Bertz CT molecular complexity index is 837. The number of hydrogen-bond donors (Lipinski definition) is 1. The first-order chi connectivity index (χ1) is 12.6. The van der Waals surface area contributed by atoms with Crippen LogP contribution in [-0.4, -0.2) is 30.6 Å². The molecule has 1 aromatic heterocycles. The smallest absolute Gasteiger partial charge is 0.318 e. The van der Waals surface area contributed by atoms with Crippen molar-refractivity contribution in [1.29, 1.82) is 0 Å². The van der Waals surface area contributed by atoms with Crippen LogP contribution in [0, 0.1) is 0 Å². The van der Waals surface area contributed by atoms with Crippen LogP contribution in [0.3, 0.4) is 0 Å². The fourth-order valence-corrected chi connectivity index (χ4v) is 2.79. The molecule has 1 heterocycles. The van der Waals surface area contributed by atoms with Gasteiger partial charge in [0.1, 0.15) is 11.5 Å². The van der Waals surface area contributed by atoms with Gasteiger partial charge in [-0.1, -0.05) is 12.1 Å². The van der Waals surface area contributed by atoms with Crippen LogP contribution in [0.2, 0.25) is 0 Å². The van der Waals surface area contributed by atoms with E-state index in [4.69, 9.17) is 8.60 Å². The molecule has 0 bridgehead atoms. The van der Waals surface area contributed by atoms with Crippen molar-refractivity contribution < 1.29 is 21.8 Å². The van der Waals surface area contributed by atoms with E-state index in [1.807, 2.05) is 26.8 Å². The molecule has 0 aliphatic carbocycles. The molecule has 1 aromatic carbocycles. The van der Waals surface area contributed by atoms with Gasteiger partial charge in [-0.25, -0.2) is 4.79 Å². The van der Waals surface area contributed by atoms with E-state index >= 15 is 0 Å². The maximum atomic E-state index is 12.7. The first-order valence-electron chi connectivity index (χ1n) is 8.68. The molecule has 0 spiro atoms. The van der Waals surface area contributed by atoms with Gasteiger partial charge in [0.15, 0.2) is 0 Å². The molecular weight excluding hydrogens is 368 g/mol. The van der Waals surface area contributed by atoms with E-state index in [1.54, 1.807) is 41.5 Å². The predicted octanol–water partition coefficient (Wildman–Crippen LogP) is 3.52. The minimum absolute atomic E-state index is 0.0986. The molecule has 7 nitrogen and oxygen atoms in total. The Kier molecular flexibility index (Phi) is 6.54. The highest BCUT2D eigenvalue weighted by atomic mass is 32.2. The monoisotopic (exact) mass is 394 g/mol. The zero-order chi connectivity index (χ0) is 20.1. The third kappa shape index (κ3) is 6.97. The van der Waals surface area contributed by atoms with Gasteiger partial charge in [-0.15, -0.1) is 0 Å². The lowest BCUT2D eigenvalue weighted by Crippen LogP contribution is -2.47. The number of urea groups is 1. The SMILES string of the molecule is CCS(=O)(=O)Oc1ccc(CN(Cc2ccco2)C(=O)NC(C)(C)C)cc1. The Morgan fingerprint density at radius 3 is 2.33 bits per heavy atom. The molecule has 0 radical (unpaired) electrons. The van der Waals surface area contributed by atoms with Crippen molar-refractivity contribution in [3.8, 4) is 5.75 Å². The van der Waals surface area contributed by atoms with E-state index in [1.165, 1.54) is 6.92 Å². The zero-order valence-corrected chi connectivity index (χ0v) is 16.9. The molecule has 0 fully saturated rings. The molecule has 2 rings (SSSR count). The first-order valence-corrected chi connectivity index (χ1v) is 10.3. The lowest BCUT2D eigenvalue weighted by molar-refractivity contribution is 0.178. The van der Waals surface area contributed by atoms with Crippen LogP contribution < -0.4 is 9.50 Å². The highest BCUT2D eigenvalue weighted by molar-refractivity contribution is 7.87. The van der Waals surface area contributed by atoms with Crippen LogP contribution in [-0.2, 0) is 23.2 Å². The minimum atomic E-state index is -3.56. The van der Waals surface area contributed by atoms with Gasteiger partial charge in [0.25, 0.3) is 0 Å². The van der Waals surface area contributed by atoms with Gasteiger partial charge in [0, 0.05) is 12.1 Å². The normalized spacial score (nSPS) is 11.9. The second-order valence-electron chi connectivity index (χ2n) is 7.19. The molecular formula is C19H26N2O5S. The Hall–Kier alpha value is -2.48. The second kappa shape index (κ2) is 8.47. The van der Waals surface area contributed by atoms with Gasteiger partial charge in [-0.3, -0.25) is 0 Å². The van der Waals surface area contributed by atoms with Crippen molar-refractivity contribution in [2.75, 3.05) is 5.75 Å². The van der Waals surface area contributed by atoms with Crippen LogP contribution in [0.15, 0.2) is 47.1 Å². The van der Waals surface area contributed by atoms with Gasteiger partial charge in [-0.2, -0.15) is 8.42 Å². The van der Waals surface area contributed by atoms with Crippen molar-refractivity contribution in [2.45, 2.75) is 46.3 Å². The highest BCUT2D eigenvalue weighted by Crippen LogP contribution is 2.17. The van der Waals surface area contributed by atoms with Crippen molar-refractivity contribution in [3.05, 3.63) is 54.0 Å². The molecule has 148 valence electrons. The van der Waals surface area contributed by atoms with Gasteiger partial charge in [0.2, 0.25) is 0 Å². The number of hydrogen-bond acceptors (Lipinski definition) is 5. The molecule has 0 unspecified atom stereocenters. The molecule has 1 N–H and O–H groups in total. The number of benzene rings is 1. The summed E-state index contributed by atoms with van der Waals surface area (Å²) in [6, 6.07) is 10.00. The second-order valence-corrected chi connectivity index (χ2v) is 9.05. The number of rotatable bonds is 7. The topological polar surface area (TPSA) is 88.9 Å². The Labute approximate surface area is 160 Å². The predicted molar refractivity (Wildman–Crippen MR) is 103 cm³/mol. The molecule has 0 atom stereocenters. The number of amides is 2. The lowest BCUT2D eigenvalue weighted by Gasteiger charge is -2.28. The van der Waals surface area contributed by atoms with E-state index in [9.17, 15) is 13.2 Å². The lowest BCUT2D eigenvalue weighted by atomic mass is 10.1. The van der Waals surface area contributed by atoms with E-state index in [-0.39, 0.29) is 23.1 Å². The average Bonchev–Trinajstić information content (AvgIpc) is 3.07. The summed E-state index contributed by atoms with van der Waals surface area (Å²) in [6.45, 7) is 7.91. The summed E-state index contributed by atoms with van der Waals surface area (Å²) in [5.41, 5.74) is 0.469. The summed E-state index contributed by atoms with van der Waals surface area (Å²) in [7, 11) is -3.56. The van der Waals surface area contributed by atoms with Gasteiger partial charge < -0.3 is 18.8 Å². The van der Waals surface area contributed by atoms with Gasteiger partial charge in [0.05, 0.1) is 18.6 Å². The number of carbonyl (C=O) groups is 1. The number of nitrogens with zero attached hydrogens (tertiary/aromatic N) is 1. The summed E-state index contributed by atoms with van der Waals surface area (Å²) in [6.07, 6.45) is 1.56. The van der Waals surface area contributed by atoms with Gasteiger partial charge in [-0.05, 0) is 57.5 Å². The Morgan fingerprint density at radius 1 is 1.15 bits per heavy atom. The summed E-state index contributed by atoms with van der Waals surface area (Å²) in [5.74, 6) is 0.823. The van der Waals surface area contributed by atoms with Crippen LogP contribution in [0.4, 0.5) is 4.79 Å². The quantitative estimate of drug-likeness (QED) is 0.726. The number of nitrogens with one attached hydrogen (secondary N) is 1. The molecule has 2 amide bonds. The number of carbonyl (C=O) groups excluding carboxylic acids is 1. The molecule has 8 heteroatoms. The molecule has 2 aromatic rings. The molecule has 0 saturated carbocycles. The summed E-state index contributed by atoms with van der Waals surface area (Å²) < 4.78 is 33.4. The summed E-state index contributed by atoms with van der Waals surface area (Å²) in [5, 5.41) is 2.94. The van der Waals surface area contributed by atoms with Crippen LogP contribution in [0.25, 0.3) is 0 Å². The van der Waals surface area contributed by atoms with Crippen LogP contribution >= 0.6 is 0 Å². The van der Waals surface area contributed by atoms with Crippen molar-refractivity contribution in [3.63, 3.8) is 0 Å². The van der Waals surface area contributed by atoms with Crippen molar-refractivity contribution >= 4 is 16.1 Å². The van der Waals surface area contributed by atoms with Crippen molar-refractivity contribution in [1.82, 2.24) is 10.2 Å². The zero-order valence-electron chi connectivity index (χ0n) is 16.1. The van der Waals surface area contributed by atoms with E-state index in [0.29, 0.717) is 18.8 Å². The fourth-order valence-electron chi connectivity index (χ4n) is 2.27. The van der Waals surface area contributed by atoms with Crippen molar-refractivity contribution in [2.24, 2.45) is 0 Å². The van der Waals surface area contributed by atoms with Crippen LogP contribution in [0.1, 0.15) is 39.0 Å². The van der Waals surface area contributed by atoms with E-state index in [2.05, 4.69) is 5.32 Å². The maximum Gasteiger partial charge on any atom is 0.318 e. The molecule has 0 aliphatic heterocycles.